The number of carbonyl (C=O) groups is 2. The number of esters is 1. The molecule has 13 heteroatoms. The lowest BCUT2D eigenvalue weighted by Gasteiger charge is -2.10. The minimum Gasteiger partial charge on any atom is -0.457 e. The molecule has 0 aliphatic carbocycles. The average Bonchev–Trinajstić information content (AvgIpc) is 3.16. The van der Waals surface area contributed by atoms with E-state index in [-0.39, 0.29) is 24.2 Å². The van der Waals surface area contributed by atoms with Gasteiger partial charge in [-0.1, -0.05) is 12.1 Å². The van der Waals surface area contributed by atoms with E-state index in [4.69, 9.17) is 4.74 Å². The van der Waals surface area contributed by atoms with Crippen molar-refractivity contribution in [2.45, 2.75) is 39.0 Å². The summed E-state index contributed by atoms with van der Waals surface area (Å²) < 4.78 is 82.6. The van der Waals surface area contributed by atoms with Crippen molar-refractivity contribution in [1.29, 1.82) is 0 Å². The molecule has 0 radical (unpaired) electrons. The first-order valence-corrected chi connectivity index (χ1v) is 9.43. The van der Waals surface area contributed by atoms with Crippen molar-refractivity contribution >= 4 is 17.5 Å². The van der Waals surface area contributed by atoms with Crippen LogP contribution in [0.5, 0.6) is 0 Å². The van der Waals surface area contributed by atoms with Gasteiger partial charge in [0.2, 0.25) is 0 Å². The zero-order valence-corrected chi connectivity index (χ0v) is 17.2. The third-order valence-corrected chi connectivity index (χ3v) is 4.76. The van der Waals surface area contributed by atoms with E-state index in [1.807, 2.05) is 0 Å². The van der Waals surface area contributed by atoms with Crippen molar-refractivity contribution in [3.63, 3.8) is 0 Å². The molecule has 0 fully saturated rings. The molecule has 0 saturated carbocycles. The van der Waals surface area contributed by atoms with Crippen LogP contribution in [0.1, 0.15) is 45.1 Å². The SMILES string of the molecule is Cc1nc2nc(C(F)(F)F)nn2c(C)c1CCC(=O)OCC(=O)c1cccc(C(F)(F)F)c1. The summed E-state index contributed by atoms with van der Waals surface area (Å²) in [5, 5.41) is 3.41. The topological polar surface area (TPSA) is 86.4 Å². The van der Waals surface area contributed by atoms with Crippen molar-refractivity contribution in [2.75, 3.05) is 6.61 Å². The fourth-order valence-corrected chi connectivity index (χ4v) is 3.09. The molecule has 0 N–H and O–H groups in total. The number of hydrogen-bond acceptors (Lipinski definition) is 6. The highest BCUT2D eigenvalue weighted by Gasteiger charge is 2.37. The number of ether oxygens (including phenoxy) is 1. The van der Waals surface area contributed by atoms with Crippen LogP contribution in [0.2, 0.25) is 0 Å². The molecule has 176 valence electrons. The standard InChI is InChI=1S/C20H16F6N4O3/c1-10-14(11(2)30-18(27-10)28-17(29-30)20(24,25)26)6-7-16(32)33-9-15(31)12-4-3-5-13(8-12)19(21,22)23/h3-5,8H,6-7,9H2,1-2H3. The monoisotopic (exact) mass is 474 g/mol. The second-order valence-electron chi connectivity index (χ2n) is 7.07. The van der Waals surface area contributed by atoms with E-state index in [0.29, 0.717) is 23.0 Å². The van der Waals surface area contributed by atoms with Crippen LogP contribution >= 0.6 is 0 Å². The predicted molar refractivity (Wildman–Crippen MR) is 100 cm³/mol. The molecular formula is C20H16F6N4O3. The minimum atomic E-state index is -4.75. The van der Waals surface area contributed by atoms with E-state index in [2.05, 4.69) is 15.1 Å². The van der Waals surface area contributed by atoms with Crippen molar-refractivity contribution in [3.05, 3.63) is 58.2 Å². The molecule has 0 atom stereocenters. The molecule has 0 aliphatic heterocycles. The second kappa shape index (κ2) is 8.79. The van der Waals surface area contributed by atoms with Crippen LogP contribution < -0.4 is 0 Å². The minimum absolute atomic E-state index is 0.0262. The molecule has 0 amide bonds. The van der Waals surface area contributed by atoms with Gasteiger partial charge in [0.15, 0.2) is 12.4 Å². The molecule has 0 aliphatic rings. The van der Waals surface area contributed by atoms with Crippen molar-refractivity contribution in [3.8, 4) is 0 Å². The van der Waals surface area contributed by atoms with Crippen LogP contribution in [0.4, 0.5) is 26.3 Å². The lowest BCUT2D eigenvalue weighted by Crippen LogP contribution is -2.16. The Morgan fingerprint density at radius 3 is 2.36 bits per heavy atom. The van der Waals surface area contributed by atoms with Crippen molar-refractivity contribution in [1.82, 2.24) is 19.6 Å². The molecule has 0 unspecified atom stereocenters. The highest BCUT2D eigenvalue weighted by atomic mass is 19.4. The quantitative estimate of drug-likeness (QED) is 0.303. The van der Waals surface area contributed by atoms with E-state index in [9.17, 15) is 35.9 Å². The molecule has 0 spiro atoms. The Kier molecular flexibility index (Phi) is 6.43. The van der Waals surface area contributed by atoms with E-state index in [0.717, 1.165) is 16.6 Å². The van der Waals surface area contributed by atoms with Crippen LogP contribution in [0.15, 0.2) is 24.3 Å². The largest absolute Gasteiger partial charge is 0.457 e. The number of aromatic nitrogens is 4. The van der Waals surface area contributed by atoms with E-state index in [1.165, 1.54) is 19.9 Å². The molecule has 3 aromatic rings. The lowest BCUT2D eigenvalue weighted by atomic mass is 10.1. The van der Waals surface area contributed by atoms with Gasteiger partial charge in [-0.3, -0.25) is 9.59 Å². The first kappa shape index (κ1) is 24.1. The summed E-state index contributed by atoms with van der Waals surface area (Å²) in [7, 11) is 0. The highest BCUT2D eigenvalue weighted by molar-refractivity contribution is 5.98. The normalized spacial score (nSPS) is 12.2. The van der Waals surface area contributed by atoms with Gasteiger partial charge in [0.1, 0.15) is 0 Å². The smallest absolute Gasteiger partial charge is 0.453 e. The Labute approximate surface area is 182 Å². The van der Waals surface area contributed by atoms with Crippen molar-refractivity contribution in [2.24, 2.45) is 0 Å². The number of ketones is 1. The Bertz CT molecular complexity index is 1220. The Morgan fingerprint density at radius 2 is 1.73 bits per heavy atom. The van der Waals surface area contributed by atoms with Crippen LogP contribution in [-0.2, 0) is 28.3 Å². The Balaban J connectivity index is 1.65. The van der Waals surface area contributed by atoms with Gasteiger partial charge in [0, 0.05) is 23.4 Å². The number of carbonyl (C=O) groups excluding carboxylic acids is 2. The number of fused-ring (bicyclic) bond motifs is 1. The number of aryl methyl sites for hydroxylation is 2. The molecule has 7 nitrogen and oxygen atoms in total. The maximum Gasteiger partial charge on any atom is 0.453 e. The van der Waals surface area contributed by atoms with Gasteiger partial charge in [-0.25, -0.2) is 9.50 Å². The van der Waals surface area contributed by atoms with Gasteiger partial charge in [-0.15, -0.1) is 5.10 Å². The number of benzene rings is 1. The first-order chi connectivity index (χ1) is 15.3. The molecule has 3 rings (SSSR count). The van der Waals surface area contributed by atoms with Gasteiger partial charge in [-0.05, 0) is 38.0 Å². The summed E-state index contributed by atoms with van der Waals surface area (Å²) in [6, 6.07) is 3.72. The molecule has 2 heterocycles. The fourth-order valence-electron chi connectivity index (χ4n) is 3.09. The Hall–Kier alpha value is -3.51. The third kappa shape index (κ3) is 5.46. The van der Waals surface area contributed by atoms with Crippen LogP contribution in [0.3, 0.4) is 0 Å². The third-order valence-electron chi connectivity index (χ3n) is 4.76. The zero-order chi connectivity index (χ0) is 24.6. The molecule has 0 bridgehead atoms. The predicted octanol–water partition coefficient (Wildman–Crippen LogP) is 4.14. The summed E-state index contributed by atoms with van der Waals surface area (Å²) in [6.07, 6.45) is -9.59. The fraction of sp³-hybridized carbons (Fsp3) is 0.350. The van der Waals surface area contributed by atoms with E-state index < -0.39 is 42.1 Å². The van der Waals surface area contributed by atoms with Gasteiger partial charge >= 0.3 is 18.3 Å². The highest BCUT2D eigenvalue weighted by Crippen LogP contribution is 2.30. The average molecular weight is 474 g/mol. The molecular weight excluding hydrogens is 458 g/mol. The van der Waals surface area contributed by atoms with Crippen molar-refractivity contribution < 1.29 is 40.7 Å². The number of hydrogen-bond donors (Lipinski definition) is 0. The van der Waals surface area contributed by atoms with Crippen LogP contribution in [-0.4, -0.2) is 37.9 Å². The number of nitrogens with zero attached hydrogens (tertiary/aromatic N) is 4. The summed E-state index contributed by atoms with van der Waals surface area (Å²) in [5.41, 5.74) is -0.175. The van der Waals surface area contributed by atoms with Crippen LogP contribution in [0, 0.1) is 13.8 Å². The summed E-state index contributed by atoms with van der Waals surface area (Å²) in [6.45, 7) is 2.27. The number of rotatable bonds is 6. The molecule has 33 heavy (non-hydrogen) atoms. The summed E-state index contributed by atoms with van der Waals surface area (Å²) in [4.78, 5) is 31.5. The molecule has 0 saturated heterocycles. The van der Waals surface area contributed by atoms with Gasteiger partial charge in [-0.2, -0.15) is 31.3 Å². The summed E-state index contributed by atoms with van der Waals surface area (Å²) in [5.74, 6) is -3.21. The van der Waals surface area contributed by atoms with E-state index >= 15 is 0 Å². The maximum atomic E-state index is 12.9. The maximum absolute atomic E-state index is 12.9. The van der Waals surface area contributed by atoms with E-state index in [1.54, 1.807) is 0 Å². The van der Waals surface area contributed by atoms with Gasteiger partial charge < -0.3 is 4.74 Å². The Morgan fingerprint density at radius 1 is 1.03 bits per heavy atom. The van der Waals surface area contributed by atoms with Gasteiger partial charge in [0.05, 0.1) is 5.56 Å². The zero-order valence-electron chi connectivity index (χ0n) is 17.2. The van der Waals surface area contributed by atoms with Crippen LogP contribution in [0.25, 0.3) is 5.78 Å². The number of Topliss-reactive ketones (excluding diaryl/α,β-unsaturated/α-hetero) is 1. The van der Waals surface area contributed by atoms with Gasteiger partial charge in [0.25, 0.3) is 11.6 Å². The second-order valence-corrected chi connectivity index (χ2v) is 7.07. The number of alkyl halides is 6. The molecule has 1 aromatic carbocycles. The summed E-state index contributed by atoms with van der Waals surface area (Å²) >= 11 is 0. The molecule has 2 aromatic heterocycles. The lowest BCUT2D eigenvalue weighted by molar-refractivity contribution is -0.145. The first-order valence-electron chi connectivity index (χ1n) is 9.43. The number of halogens is 6.